The quantitative estimate of drug-likeness (QED) is 0.177. The molecule has 0 saturated heterocycles. The molecule has 10 aromatic rings. The fourth-order valence-corrected chi connectivity index (χ4v) is 6.75. The molecule has 0 saturated carbocycles. The van der Waals surface area contributed by atoms with Crippen LogP contribution in [0.5, 0.6) is 0 Å². The molecule has 0 spiro atoms. The second-order valence-corrected chi connectivity index (χ2v) is 12.6. The zero-order valence-corrected chi connectivity index (χ0v) is 27.7. The summed E-state index contributed by atoms with van der Waals surface area (Å²) in [6.45, 7) is 0. The smallest absolute Gasteiger partial charge is 0.161 e. The van der Waals surface area contributed by atoms with Gasteiger partial charge in [-0.15, -0.1) is 0 Å². The molecule has 0 aliphatic heterocycles. The number of benzene rings is 5. The van der Waals surface area contributed by atoms with Gasteiger partial charge in [0.15, 0.2) is 17.2 Å². The van der Waals surface area contributed by atoms with Gasteiger partial charge < -0.3 is 4.42 Å². The lowest BCUT2D eigenvalue weighted by Gasteiger charge is -2.12. The lowest BCUT2D eigenvalue weighted by Crippen LogP contribution is -1.98. The predicted molar refractivity (Wildman–Crippen MR) is 203 cm³/mol. The summed E-state index contributed by atoms with van der Waals surface area (Å²) < 4.78 is 34.0. The molecule has 0 aliphatic carbocycles. The van der Waals surface area contributed by atoms with Crippen molar-refractivity contribution >= 4 is 43.9 Å². The van der Waals surface area contributed by atoms with Gasteiger partial charge in [0.05, 0.1) is 22.4 Å². The number of halogens is 2. The van der Waals surface area contributed by atoms with Crippen LogP contribution in [0.1, 0.15) is 0 Å². The van der Waals surface area contributed by atoms with Crippen molar-refractivity contribution in [1.29, 1.82) is 0 Å². The van der Waals surface area contributed by atoms with E-state index in [1.807, 2.05) is 84.9 Å². The highest BCUT2D eigenvalue weighted by atomic mass is 19.1. The Bertz CT molecular complexity index is 3020. The molecule has 10 rings (SSSR count). The average Bonchev–Trinajstić information content (AvgIpc) is 3.59. The van der Waals surface area contributed by atoms with Crippen LogP contribution in [0.25, 0.3) is 100 Å². The average molecular weight is 691 g/mol. The van der Waals surface area contributed by atoms with E-state index in [0.29, 0.717) is 51.0 Å². The summed E-state index contributed by atoms with van der Waals surface area (Å²) in [6.07, 6.45) is 3.56. The van der Waals surface area contributed by atoms with Crippen molar-refractivity contribution in [3.05, 3.63) is 157 Å². The third-order valence-corrected chi connectivity index (χ3v) is 9.35. The molecule has 53 heavy (non-hydrogen) atoms. The van der Waals surface area contributed by atoms with Crippen LogP contribution < -0.4 is 0 Å². The summed E-state index contributed by atoms with van der Waals surface area (Å²) >= 11 is 0. The minimum atomic E-state index is -0.346. The first kappa shape index (κ1) is 30.6. The molecule has 0 radical (unpaired) electrons. The fraction of sp³-hybridized carbons (Fsp3) is 0. The van der Waals surface area contributed by atoms with Gasteiger partial charge in [-0.1, -0.05) is 36.4 Å². The number of rotatable bonds is 5. The number of aromatic nitrogens is 6. The maximum atomic E-state index is 14.0. The van der Waals surface area contributed by atoms with Crippen molar-refractivity contribution in [3.63, 3.8) is 0 Å². The summed E-state index contributed by atoms with van der Waals surface area (Å²) in [6, 6.07) is 39.7. The molecule has 0 bridgehead atoms. The first-order valence-electron chi connectivity index (χ1n) is 16.9. The van der Waals surface area contributed by atoms with Gasteiger partial charge in [0.2, 0.25) is 0 Å². The maximum Gasteiger partial charge on any atom is 0.161 e. The standard InChI is InChI=1S/C44H24F2N6O/c45-29-15-9-25(10-16-29)43-49-35-7-3-1-5-32(35)39(51-43)28-14-20-36(48-24-28)40-33-19-13-27(23-37(33)50-44(52-40)26-11-17-30(46)18-12-26)31-21-22-47-41-34-6-2-4-8-38(34)53-42(31)41/h1-24H. The highest BCUT2D eigenvalue weighted by molar-refractivity contribution is 6.08. The molecular weight excluding hydrogens is 667 g/mol. The molecule has 5 heterocycles. The van der Waals surface area contributed by atoms with Crippen molar-refractivity contribution in [3.8, 4) is 56.5 Å². The van der Waals surface area contributed by atoms with Crippen molar-refractivity contribution in [2.75, 3.05) is 0 Å². The van der Waals surface area contributed by atoms with Gasteiger partial charge in [-0.25, -0.2) is 28.7 Å². The largest absolute Gasteiger partial charge is 0.454 e. The molecule has 0 amide bonds. The summed E-state index contributed by atoms with van der Waals surface area (Å²) in [5.74, 6) is 0.247. The maximum absolute atomic E-state index is 14.0. The third kappa shape index (κ3) is 5.34. The Balaban J connectivity index is 1.12. The number of fused-ring (bicyclic) bond motifs is 5. The van der Waals surface area contributed by atoms with Crippen LogP contribution in [0.15, 0.2) is 150 Å². The minimum Gasteiger partial charge on any atom is -0.454 e. The van der Waals surface area contributed by atoms with E-state index in [4.69, 9.17) is 29.3 Å². The Morgan fingerprint density at radius 1 is 0.472 bits per heavy atom. The summed E-state index contributed by atoms with van der Waals surface area (Å²) in [5, 5.41) is 2.60. The van der Waals surface area contributed by atoms with Gasteiger partial charge in [0, 0.05) is 50.8 Å². The Morgan fingerprint density at radius 3 is 1.83 bits per heavy atom. The van der Waals surface area contributed by atoms with E-state index < -0.39 is 0 Å². The lowest BCUT2D eigenvalue weighted by molar-refractivity contribution is 0.627. The van der Waals surface area contributed by atoms with Crippen molar-refractivity contribution < 1.29 is 13.2 Å². The molecule has 5 aromatic heterocycles. The van der Waals surface area contributed by atoms with E-state index in [9.17, 15) is 8.78 Å². The SMILES string of the molecule is Fc1ccc(-c2nc(-c3ccc(-c4nc(-c5ccc(F)cc5)nc5cc(-c6ccnc7c6oc6ccccc67)ccc45)nc3)c3ccccc3n2)cc1. The third-order valence-electron chi connectivity index (χ3n) is 9.35. The van der Waals surface area contributed by atoms with Crippen LogP contribution >= 0.6 is 0 Å². The number of hydrogen-bond acceptors (Lipinski definition) is 7. The van der Waals surface area contributed by atoms with Gasteiger partial charge in [-0.2, -0.15) is 0 Å². The van der Waals surface area contributed by atoms with Gasteiger partial charge in [0.25, 0.3) is 0 Å². The molecule has 0 atom stereocenters. The van der Waals surface area contributed by atoms with E-state index in [1.54, 1.807) is 36.7 Å². The molecule has 0 aliphatic rings. The van der Waals surface area contributed by atoms with Crippen molar-refractivity contribution in [1.82, 2.24) is 29.9 Å². The van der Waals surface area contributed by atoms with Gasteiger partial charge in [-0.3, -0.25) is 9.97 Å². The Kier molecular flexibility index (Phi) is 7.04. The number of nitrogens with zero attached hydrogens (tertiary/aromatic N) is 6. The van der Waals surface area contributed by atoms with Gasteiger partial charge in [0.1, 0.15) is 28.4 Å². The Morgan fingerprint density at radius 2 is 1.09 bits per heavy atom. The van der Waals surface area contributed by atoms with Crippen molar-refractivity contribution in [2.24, 2.45) is 0 Å². The van der Waals surface area contributed by atoms with Gasteiger partial charge in [-0.05, 0) is 103 Å². The Hall–Kier alpha value is -7.26. The van der Waals surface area contributed by atoms with E-state index in [2.05, 4.69) is 4.98 Å². The molecule has 0 fully saturated rings. The normalized spacial score (nSPS) is 11.6. The second-order valence-electron chi connectivity index (χ2n) is 12.6. The van der Waals surface area contributed by atoms with Crippen LogP contribution in [-0.4, -0.2) is 29.9 Å². The molecule has 250 valence electrons. The number of para-hydroxylation sites is 2. The summed E-state index contributed by atoms with van der Waals surface area (Å²) in [5.41, 5.74) is 9.58. The molecular formula is C44H24F2N6O. The topological polar surface area (TPSA) is 90.5 Å². The highest BCUT2D eigenvalue weighted by Crippen LogP contribution is 2.37. The summed E-state index contributed by atoms with van der Waals surface area (Å²) in [4.78, 5) is 29.2. The monoisotopic (exact) mass is 690 g/mol. The molecule has 0 N–H and O–H groups in total. The van der Waals surface area contributed by atoms with Crippen LogP contribution in [-0.2, 0) is 0 Å². The zero-order valence-electron chi connectivity index (χ0n) is 27.7. The van der Waals surface area contributed by atoms with E-state index in [1.165, 1.54) is 24.3 Å². The zero-order chi connectivity index (χ0) is 35.5. The second kappa shape index (κ2) is 12.2. The van der Waals surface area contributed by atoms with Crippen LogP contribution in [0, 0.1) is 11.6 Å². The molecule has 7 nitrogen and oxygen atoms in total. The van der Waals surface area contributed by atoms with Crippen LogP contribution in [0.2, 0.25) is 0 Å². The van der Waals surface area contributed by atoms with E-state index in [0.717, 1.165) is 49.5 Å². The number of pyridine rings is 2. The van der Waals surface area contributed by atoms with E-state index in [-0.39, 0.29) is 11.6 Å². The lowest BCUT2D eigenvalue weighted by atomic mass is 10.0. The minimum absolute atomic E-state index is 0.327. The van der Waals surface area contributed by atoms with Crippen LogP contribution in [0.3, 0.4) is 0 Å². The van der Waals surface area contributed by atoms with Crippen LogP contribution in [0.4, 0.5) is 8.78 Å². The number of furan rings is 1. The number of hydrogen-bond donors (Lipinski definition) is 0. The molecule has 9 heteroatoms. The first-order valence-corrected chi connectivity index (χ1v) is 16.9. The molecule has 5 aromatic carbocycles. The first-order chi connectivity index (χ1) is 26.1. The van der Waals surface area contributed by atoms with E-state index >= 15 is 0 Å². The Labute approximate surface area is 300 Å². The fourth-order valence-electron chi connectivity index (χ4n) is 6.75. The highest BCUT2D eigenvalue weighted by Gasteiger charge is 2.18. The van der Waals surface area contributed by atoms with Crippen molar-refractivity contribution in [2.45, 2.75) is 0 Å². The summed E-state index contributed by atoms with van der Waals surface area (Å²) in [7, 11) is 0. The predicted octanol–water partition coefficient (Wildman–Crippen LogP) is 10.9. The van der Waals surface area contributed by atoms with Gasteiger partial charge >= 0.3 is 0 Å². The molecule has 0 unspecified atom stereocenters.